The average Bonchev–Trinajstić information content (AvgIpc) is 3.20. The van der Waals surface area contributed by atoms with E-state index in [-0.39, 0.29) is 0 Å². The minimum atomic E-state index is 0.517. The summed E-state index contributed by atoms with van der Waals surface area (Å²) in [5, 5.41) is 3.26. The smallest absolute Gasteiger partial charge is 0.233 e. The summed E-state index contributed by atoms with van der Waals surface area (Å²) in [6.45, 7) is 6.45. The third-order valence-corrected chi connectivity index (χ3v) is 5.03. The largest absolute Gasteiger partial charge is 0.338 e. The lowest BCUT2D eigenvalue weighted by molar-refractivity contribution is 0.311. The zero-order valence-electron chi connectivity index (χ0n) is 17.5. The van der Waals surface area contributed by atoms with Gasteiger partial charge in [-0.05, 0) is 37.3 Å². The minimum absolute atomic E-state index is 0.517. The molecule has 4 rings (SSSR count). The van der Waals surface area contributed by atoms with E-state index in [1.54, 1.807) is 0 Å². The van der Waals surface area contributed by atoms with Gasteiger partial charge in [-0.3, -0.25) is 4.99 Å². The van der Waals surface area contributed by atoms with Gasteiger partial charge in [-0.25, -0.2) is 0 Å². The molecule has 154 valence electrons. The number of aliphatic imine (C=N–C) groups is 1. The van der Waals surface area contributed by atoms with Gasteiger partial charge in [0.2, 0.25) is 11.9 Å². The molecular formula is C23H27N7. The predicted octanol–water partition coefficient (Wildman–Crippen LogP) is 3.12. The molecule has 0 saturated carbocycles. The second kappa shape index (κ2) is 9.45. The number of nitrogens with zero attached hydrogens (tertiary/aromatic N) is 6. The van der Waals surface area contributed by atoms with Crippen LogP contribution in [0.1, 0.15) is 18.3 Å². The Morgan fingerprint density at radius 1 is 0.933 bits per heavy atom. The number of likely N-dealkylation sites (N-methyl/N-ethyl adjacent to an activating group) is 1. The van der Waals surface area contributed by atoms with Gasteiger partial charge in [0.25, 0.3) is 0 Å². The number of hydrogen-bond donors (Lipinski definition) is 1. The fraction of sp³-hybridized carbons (Fsp3) is 0.304. The molecule has 1 aromatic carbocycles. The number of rotatable bonds is 5. The van der Waals surface area contributed by atoms with Crippen LogP contribution in [0, 0.1) is 0 Å². The molecule has 0 atom stereocenters. The summed E-state index contributed by atoms with van der Waals surface area (Å²) in [5.74, 6) is 2.62. The van der Waals surface area contributed by atoms with E-state index in [1.807, 2.05) is 49.4 Å². The molecule has 1 aromatic heterocycles. The van der Waals surface area contributed by atoms with Crippen LogP contribution in [0.3, 0.4) is 0 Å². The Labute approximate surface area is 177 Å². The number of anilines is 2. The van der Waals surface area contributed by atoms with Gasteiger partial charge >= 0.3 is 0 Å². The standard InChI is InChI=1S/C23H27N7/c1-3-7-19-16-21(24-17-19)26-22-25-20(11-10-18-8-5-4-6-9-18)27-23(28-22)30-14-12-29(2)13-15-30/h3-11,16H,12-15,17H2,1-2H3,(H,24,25,26,27,28)/b7-3+,11-10+. The summed E-state index contributed by atoms with van der Waals surface area (Å²) in [7, 11) is 2.14. The van der Waals surface area contributed by atoms with E-state index in [0.29, 0.717) is 24.3 Å². The number of aromatic nitrogens is 3. The minimum Gasteiger partial charge on any atom is -0.338 e. The molecule has 2 aliphatic heterocycles. The third-order valence-electron chi connectivity index (χ3n) is 5.03. The van der Waals surface area contributed by atoms with Crippen molar-refractivity contribution < 1.29 is 0 Å². The molecule has 2 aromatic rings. The van der Waals surface area contributed by atoms with Crippen molar-refractivity contribution in [2.45, 2.75) is 6.92 Å². The Morgan fingerprint density at radius 3 is 2.50 bits per heavy atom. The summed E-state index contributed by atoms with van der Waals surface area (Å²) in [6, 6.07) is 10.1. The van der Waals surface area contributed by atoms with E-state index in [9.17, 15) is 0 Å². The van der Waals surface area contributed by atoms with Gasteiger partial charge in [0.15, 0.2) is 5.82 Å². The van der Waals surface area contributed by atoms with Gasteiger partial charge in [-0.1, -0.05) is 48.6 Å². The Morgan fingerprint density at radius 2 is 1.73 bits per heavy atom. The van der Waals surface area contributed by atoms with Gasteiger partial charge < -0.3 is 15.1 Å². The van der Waals surface area contributed by atoms with Gasteiger partial charge in [0.05, 0.1) is 6.54 Å². The Balaban J connectivity index is 1.60. The second-order valence-electron chi connectivity index (χ2n) is 7.40. The van der Waals surface area contributed by atoms with Crippen molar-refractivity contribution in [2.75, 3.05) is 50.0 Å². The van der Waals surface area contributed by atoms with Crippen molar-refractivity contribution in [3.8, 4) is 0 Å². The lowest BCUT2D eigenvalue weighted by Gasteiger charge is -2.32. The molecule has 0 unspecified atom stereocenters. The quantitative estimate of drug-likeness (QED) is 0.830. The van der Waals surface area contributed by atoms with Crippen molar-refractivity contribution in [3.05, 3.63) is 65.5 Å². The van der Waals surface area contributed by atoms with Gasteiger partial charge in [-0.2, -0.15) is 15.0 Å². The van der Waals surface area contributed by atoms with E-state index in [1.165, 1.54) is 0 Å². The molecule has 0 aliphatic carbocycles. The molecule has 0 radical (unpaired) electrons. The summed E-state index contributed by atoms with van der Waals surface area (Å²) in [5.41, 5.74) is 2.27. The van der Waals surface area contributed by atoms with E-state index in [4.69, 9.17) is 4.98 Å². The zero-order chi connectivity index (χ0) is 20.8. The topological polar surface area (TPSA) is 69.5 Å². The summed E-state index contributed by atoms with van der Waals surface area (Å²) < 4.78 is 0. The monoisotopic (exact) mass is 401 g/mol. The molecule has 7 heteroatoms. The molecule has 7 nitrogen and oxygen atoms in total. The predicted molar refractivity (Wildman–Crippen MR) is 124 cm³/mol. The highest BCUT2D eigenvalue weighted by molar-refractivity contribution is 6.05. The fourth-order valence-corrected chi connectivity index (χ4v) is 3.34. The van der Waals surface area contributed by atoms with Crippen LogP contribution in [0.4, 0.5) is 11.9 Å². The van der Waals surface area contributed by atoms with E-state index < -0.39 is 0 Å². The molecule has 1 N–H and O–H groups in total. The maximum Gasteiger partial charge on any atom is 0.233 e. The lowest BCUT2D eigenvalue weighted by atomic mass is 10.2. The molecule has 0 amide bonds. The second-order valence-corrected chi connectivity index (χ2v) is 7.40. The Hall–Kier alpha value is -3.32. The molecule has 3 heterocycles. The van der Waals surface area contributed by atoms with E-state index >= 15 is 0 Å². The Bertz CT molecular complexity index is 984. The van der Waals surface area contributed by atoms with Crippen LogP contribution < -0.4 is 10.2 Å². The first-order chi connectivity index (χ1) is 14.7. The average molecular weight is 402 g/mol. The fourth-order valence-electron chi connectivity index (χ4n) is 3.34. The number of amidine groups is 1. The van der Waals surface area contributed by atoms with Crippen LogP contribution in [-0.2, 0) is 0 Å². The molecule has 1 saturated heterocycles. The molecule has 2 aliphatic rings. The van der Waals surface area contributed by atoms with Gasteiger partial charge in [-0.15, -0.1) is 0 Å². The molecular weight excluding hydrogens is 374 g/mol. The van der Waals surface area contributed by atoms with Crippen molar-refractivity contribution in [2.24, 2.45) is 4.99 Å². The van der Waals surface area contributed by atoms with Crippen molar-refractivity contribution in [1.82, 2.24) is 19.9 Å². The number of piperazine rings is 1. The number of hydrogen-bond acceptors (Lipinski definition) is 7. The number of allylic oxidation sites excluding steroid dienone is 1. The van der Waals surface area contributed by atoms with Crippen LogP contribution in [-0.4, -0.2) is 65.5 Å². The molecule has 1 fully saturated rings. The highest BCUT2D eigenvalue weighted by Crippen LogP contribution is 2.16. The highest BCUT2D eigenvalue weighted by Gasteiger charge is 2.18. The number of benzene rings is 1. The maximum absolute atomic E-state index is 4.71. The van der Waals surface area contributed by atoms with E-state index in [2.05, 4.69) is 55.3 Å². The molecule has 30 heavy (non-hydrogen) atoms. The third kappa shape index (κ3) is 5.18. The highest BCUT2D eigenvalue weighted by atomic mass is 15.3. The molecule has 0 spiro atoms. The SMILES string of the molecule is C/C=C/C1=CC(Nc2nc(/C=C/c3ccccc3)nc(N3CCN(C)CC3)n2)=NC1. The summed E-state index contributed by atoms with van der Waals surface area (Å²) in [4.78, 5) is 23.1. The van der Waals surface area contributed by atoms with E-state index in [0.717, 1.165) is 43.2 Å². The van der Waals surface area contributed by atoms with Crippen LogP contribution >= 0.6 is 0 Å². The molecule has 0 bridgehead atoms. The van der Waals surface area contributed by atoms with Crippen molar-refractivity contribution in [3.63, 3.8) is 0 Å². The van der Waals surface area contributed by atoms with Crippen molar-refractivity contribution in [1.29, 1.82) is 0 Å². The zero-order valence-corrected chi connectivity index (χ0v) is 17.5. The number of nitrogens with one attached hydrogen (secondary N) is 1. The summed E-state index contributed by atoms with van der Waals surface area (Å²) in [6.07, 6.45) is 10.1. The van der Waals surface area contributed by atoms with Gasteiger partial charge in [0.1, 0.15) is 5.84 Å². The lowest BCUT2D eigenvalue weighted by Crippen LogP contribution is -2.45. The normalized spacial score (nSPS) is 17.6. The first kappa shape index (κ1) is 20.0. The van der Waals surface area contributed by atoms with Crippen molar-refractivity contribution >= 4 is 29.9 Å². The summed E-state index contributed by atoms with van der Waals surface area (Å²) >= 11 is 0. The van der Waals surface area contributed by atoms with Crippen LogP contribution in [0.25, 0.3) is 12.2 Å². The van der Waals surface area contributed by atoms with Gasteiger partial charge in [0, 0.05) is 26.2 Å². The van der Waals surface area contributed by atoms with Crippen LogP contribution in [0.15, 0.2) is 59.1 Å². The first-order valence-electron chi connectivity index (χ1n) is 10.3. The van der Waals surface area contributed by atoms with Crippen LogP contribution in [0.5, 0.6) is 0 Å². The first-order valence-corrected chi connectivity index (χ1v) is 10.3. The maximum atomic E-state index is 4.71. The van der Waals surface area contributed by atoms with Crippen LogP contribution in [0.2, 0.25) is 0 Å². The Kier molecular flexibility index (Phi) is 6.29.